The average Bonchev–Trinajstić information content (AvgIpc) is 3.22. The second-order valence-electron chi connectivity index (χ2n) is 6.21. The number of thioether (sulfide) groups is 1. The number of hydrogen-bond acceptors (Lipinski definition) is 7. The molecule has 30 heavy (non-hydrogen) atoms. The van der Waals surface area contributed by atoms with Crippen LogP contribution in [-0.2, 0) is 4.74 Å². The molecule has 0 unspecified atom stereocenters. The molecule has 0 bridgehead atoms. The number of carbonyl (C=O) groups is 1. The molecule has 1 saturated heterocycles. The van der Waals surface area contributed by atoms with Gasteiger partial charge in [0.25, 0.3) is 5.91 Å². The lowest BCUT2D eigenvalue weighted by atomic mass is 10.1. The minimum Gasteiger partial charge on any atom is -0.398 e. The molecule has 1 aromatic heterocycles. The molecule has 0 aliphatic carbocycles. The molecule has 1 aliphatic rings. The summed E-state index contributed by atoms with van der Waals surface area (Å²) < 4.78 is 27.7. The van der Waals surface area contributed by atoms with Crippen LogP contribution in [0.25, 0.3) is 5.70 Å². The minimum absolute atomic E-state index is 0.204. The predicted octanol–water partition coefficient (Wildman–Crippen LogP) is 3.96. The Morgan fingerprint density at radius 3 is 2.73 bits per heavy atom. The van der Waals surface area contributed by atoms with E-state index in [0.29, 0.717) is 37.0 Å². The normalized spacial score (nSPS) is 14.6. The van der Waals surface area contributed by atoms with Crippen molar-refractivity contribution in [2.24, 2.45) is 5.73 Å². The molecule has 7 nitrogen and oxygen atoms in total. The van der Waals surface area contributed by atoms with Crippen LogP contribution in [0.4, 0.5) is 20.3 Å². The lowest BCUT2D eigenvalue weighted by Crippen LogP contribution is -2.23. The summed E-state index contributed by atoms with van der Waals surface area (Å²) in [6, 6.07) is 7.44. The number of alkyl halides is 3. The lowest BCUT2D eigenvalue weighted by Gasteiger charge is -2.19. The number of allylic oxidation sites excluding steroid dienone is 1. The van der Waals surface area contributed by atoms with Crippen LogP contribution in [-0.4, -0.2) is 41.7 Å². The average molecular weight is 454 g/mol. The predicted molar refractivity (Wildman–Crippen MR) is 114 cm³/mol. The number of carbonyl (C=O) groups excluding carboxylic acids is 1. The van der Waals surface area contributed by atoms with Gasteiger partial charge in [0.2, 0.25) is 0 Å². The number of ether oxygens (including phenoxy) is 1. The molecular weight excluding hydrogens is 436 g/mol. The number of aromatic nitrogens is 1. The van der Waals surface area contributed by atoms with Gasteiger partial charge in [0.15, 0.2) is 0 Å². The third-order valence-corrected chi connectivity index (χ3v) is 5.07. The van der Waals surface area contributed by atoms with Gasteiger partial charge in [-0.25, -0.2) is 4.98 Å². The molecule has 11 heteroatoms. The van der Waals surface area contributed by atoms with Gasteiger partial charge >= 0.3 is 4.71 Å². The van der Waals surface area contributed by atoms with Crippen molar-refractivity contribution in [3.8, 4) is 0 Å². The van der Waals surface area contributed by atoms with Crippen molar-refractivity contribution in [1.82, 2.24) is 4.98 Å². The maximum atomic E-state index is 12.9. The molecule has 1 amide bonds. The molecule has 4 N–H and O–H groups in total. The number of nitrogens with one attached hydrogen (secondary N) is 2. The van der Waals surface area contributed by atoms with Crippen molar-refractivity contribution >= 4 is 52.7 Å². The van der Waals surface area contributed by atoms with E-state index in [9.17, 15) is 13.6 Å². The van der Waals surface area contributed by atoms with E-state index in [2.05, 4.69) is 10.3 Å². The molecule has 0 radical (unpaired) electrons. The highest BCUT2D eigenvalue weighted by molar-refractivity contribution is 8.01. The number of nitrogens with two attached hydrogens (primary N) is 1. The van der Waals surface area contributed by atoms with E-state index in [1.165, 1.54) is 36.5 Å². The van der Waals surface area contributed by atoms with E-state index in [4.69, 9.17) is 27.5 Å². The van der Waals surface area contributed by atoms with Crippen molar-refractivity contribution in [3.05, 3.63) is 53.7 Å². The summed E-state index contributed by atoms with van der Waals surface area (Å²) in [6.45, 7) is 1.55. The number of anilines is 2. The highest BCUT2D eigenvalue weighted by atomic mass is 35.5. The zero-order valence-electron chi connectivity index (χ0n) is 15.6. The first-order valence-corrected chi connectivity index (χ1v) is 9.93. The van der Waals surface area contributed by atoms with Crippen LogP contribution >= 0.6 is 23.4 Å². The number of benzene rings is 1. The van der Waals surface area contributed by atoms with Crippen LogP contribution < -0.4 is 16.0 Å². The van der Waals surface area contributed by atoms with E-state index in [1.807, 2.05) is 4.90 Å². The molecule has 3 rings (SSSR count). The summed E-state index contributed by atoms with van der Waals surface area (Å²) in [7, 11) is 0. The molecule has 1 fully saturated rings. The molecule has 0 spiro atoms. The first kappa shape index (κ1) is 22.0. The highest BCUT2D eigenvalue weighted by Crippen LogP contribution is 2.39. The Hall–Kier alpha value is -2.69. The van der Waals surface area contributed by atoms with E-state index < -0.39 is 10.6 Å². The first-order chi connectivity index (χ1) is 14.3. The molecular formula is C19H18ClF2N5O2S. The summed E-state index contributed by atoms with van der Waals surface area (Å²) in [4.78, 5) is 19.2. The topological polar surface area (TPSA) is 104 Å². The van der Waals surface area contributed by atoms with Crippen LogP contribution in [0.2, 0.25) is 0 Å². The van der Waals surface area contributed by atoms with E-state index in [0.717, 1.165) is 6.21 Å². The Kier molecular flexibility index (Phi) is 6.91. The smallest absolute Gasteiger partial charge is 0.375 e. The van der Waals surface area contributed by atoms with E-state index in [-0.39, 0.29) is 27.9 Å². The van der Waals surface area contributed by atoms with Crippen molar-refractivity contribution in [3.63, 3.8) is 0 Å². The zero-order valence-corrected chi connectivity index (χ0v) is 17.1. The zero-order chi connectivity index (χ0) is 21.7. The summed E-state index contributed by atoms with van der Waals surface area (Å²) in [5.41, 5.74) is 7.53. The molecule has 2 aromatic rings. The molecule has 158 valence electrons. The number of rotatable bonds is 7. The third-order valence-electron chi connectivity index (χ3n) is 4.10. The van der Waals surface area contributed by atoms with Crippen LogP contribution in [0.3, 0.4) is 0 Å². The number of amides is 1. The van der Waals surface area contributed by atoms with Crippen molar-refractivity contribution in [2.75, 3.05) is 30.1 Å². The van der Waals surface area contributed by atoms with E-state index >= 15 is 0 Å². The van der Waals surface area contributed by atoms with Gasteiger partial charge in [-0.05, 0) is 59.8 Å². The van der Waals surface area contributed by atoms with Crippen LogP contribution in [0.5, 0.6) is 0 Å². The van der Waals surface area contributed by atoms with Crippen molar-refractivity contribution in [2.45, 2.75) is 9.61 Å². The Morgan fingerprint density at radius 1 is 1.40 bits per heavy atom. The summed E-state index contributed by atoms with van der Waals surface area (Å²) in [6.07, 6.45) is 3.88. The fraction of sp³-hybridized carbons (Fsp3) is 0.211. The Morgan fingerprint density at radius 2 is 2.13 bits per heavy atom. The maximum Gasteiger partial charge on any atom is 0.375 e. The standard InChI is InChI=1S/C19H18ClF2N5O2S/c20-19(21,22)30-14-3-1-13(2-4-14)26-18(28)12-9-15(16(24)5-6-23)17(25-10-12)27-7-8-29-11-27/h1-6,9-10,23H,7-8,11,24H2,(H,26,28)/b16-5-,23-6?. The molecule has 2 heterocycles. The number of halogens is 3. The lowest BCUT2D eigenvalue weighted by molar-refractivity contribution is 0.102. The fourth-order valence-electron chi connectivity index (χ4n) is 2.75. The largest absolute Gasteiger partial charge is 0.398 e. The fourth-order valence-corrected chi connectivity index (χ4v) is 3.56. The highest BCUT2D eigenvalue weighted by Gasteiger charge is 2.26. The first-order valence-electron chi connectivity index (χ1n) is 8.73. The van der Waals surface area contributed by atoms with E-state index in [1.54, 1.807) is 6.07 Å². The number of nitrogens with zero attached hydrogens (tertiary/aromatic N) is 2. The molecule has 0 saturated carbocycles. The molecule has 0 atom stereocenters. The van der Waals surface area contributed by atoms with Crippen molar-refractivity contribution in [1.29, 1.82) is 5.41 Å². The number of pyridine rings is 1. The second kappa shape index (κ2) is 9.41. The summed E-state index contributed by atoms with van der Waals surface area (Å²) in [5.74, 6) is 0.113. The van der Waals surface area contributed by atoms with Gasteiger partial charge in [0.05, 0.1) is 12.2 Å². The van der Waals surface area contributed by atoms with Gasteiger partial charge in [0, 0.05) is 40.8 Å². The van der Waals surface area contributed by atoms with Crippen LogP contribution in [0, 0.1) is 5.41 Å². The van der Waals surface area contributed by atoms with Gasteiger partial charge in [0.1, 0.15) is 12.5 Å². The molecule has 1 aromatic carbocycles. The Labute approximate surface area is 180 Å². The van der Waals surface area contributed by atoms with Gasteiger partial charge in [-0.2, -0.15) is 8.78 Å². The SMILES string of the molecule is N=C/C=C(\N)c1cc(C(=O)Nc2ccc(SC(F)(F)Cl)cc2)cnc1N1CCOC1. The van der Waals surface area contributed by atoms with Gasteiger partial charge in [-0.3, -0.25) is 4.79 Å². The van der Waals surface area contributed by atoms with Crippen LogP contribution in [0.1, 0.15) is 15.9 Å². The van der Waals surface area contributed by atoms with Gasteiger partial charge in [-0.1, -0.05) is 0 Å². The molecule has 1 aliphatic heterocycles. The number of hydrogen-bond donors (Lipinski definition) is 3. The quantitative estimate of drug-likeness (QED) is 0.333. The third kappa shape index (κ3) is 5.68. The van der Waals surface area contributed by atoms with Crippen molar-refractivity contribution < 1.29 is 18.3 Å². The van der Waals surface area contributed by atoms with Gasteiger partial charge in [-0.15, -0.1) is 0 Å². The minimum atomic E-state index is -3.40. The Bertz CT molecular complexity index is 960. The second-order valence-corrected chi connectivity index (χ2v) is 8.10. The van der Waals surface area contributed by atoms with Gasteiger partial charge < -0.3 is 26.1 Å². The Balaban J connectivity index is 1.81. The maximum absolute atomic E-state index is 12.9. The summed E-state index contributed by atoms with van der Waals surface area (Å²) in [5, 5.41) is 9.93. The van der Waals surface area contributed by atoms with Crippen LogP contribution in [0.15, 0.2) is 47.5 Å². The monoisotopic (exact) mass is 453 g/mol. The summed E-state index contributed by atoms with van der Waals surface area (Å²) >= 11 is 5.11.